The smallest absolute Gasteiger partial charge is 0.254 e. The quantitative estimate of drug-likeness (QED) is 0.700. The molecule has 0 bridgehead atoms. The Balaban J connectivity index is 1.52. The Labute approximate surface area is 168 Å². The topological polar surface area (TPSA) is 87.3 Å². The van der Waals surface area contributed by atoms with Gasteiger partial charge in [0, 0.05) is 26.1 Å². The van der Waals surface area contributed by atoms with Crippen LogP contribution in [0.2, 0.25) is 0 Å². The molecule has 1 aliphatic rings. The van der Waals surface area contributed by atoms with Gasteiger partial charge >= 0.3 is 0 Å². The van der Waals surface area contributed by atoms with Crippen molar-refractivity contribution in [3.63, 3.8) is 0 Å². The lowest BCUT2D eigenvalue weighted by atomic mass is 10.0. The van der Waals surface area contributed by atoms with E-state index in [1.807, 2.05) is 30.5 Å². The van der Waals surface area contributed by atoms with Crippen LogP contribution in [0.25, 0.3) is 0 Å². The third kappa shape index (κ3) is 3.85. The molecule has 0 saturated carbocycles. The van der Waals surface area contributed by atoms with Crippen molar-refractivity contribution in [1.82, 2.24) is 15.5 Å². The monoisotopic (exact) mass is 390 g/mol. The molecule has 2 N–H and O–H groups in total. The summed E-state index contributed by atoms with van der Waals surface area (Å²) in [5.41, 5.74) is 4.25. The Morgan fingerprint density at radius 2 is 1.83 bits per heavy atom. The van der Waals surface area contributed by atoms with E-state index < -0.39 is 6.04 Å². The van der Waals surface area contributed by atoms with Gasteiger partial charge in [0.15, 0.2) is 0 Å². The number of aromatic amines is 1. The third-order valence-corrected chi connectivity index (χ3v) is 5.17. The summed E-state index contributed by atoms with van der Waals surface area (Å²) in [6.45, 7) is 0. The molecule has 7 heteroatoms. The highest BCUT2D eigenvalue weighted by atomic mass is 16.5. The number of amides is 2. The molecule has 4 rings (SSSR count). The second-order valence-electron chi connectivity index (χ2n) is 7.11. The lowest BCUT2D eigenvalue weighted by Gasteiger charge is -2.21. The van der Waals surface area contributed by atoms with Crippen LogP contribution in [-0.4, -0.2) is 42.2 Å². The molecule has 0 fully saturated rings. The van der Waals surface area contributed by atoms with Gasteiger partial charge in [-0.3, -0.25) is 14.7 Å². The van der Waals surface area contributed by atoms with E-state index in [9.17, 15) is 9.59 Å². The molecular formula is C22H22N4O3. The summed E-state index contributed by atoms with van der Waals surface area (Å²) < 4.78 is 5.21. The van der Waals surface area contributed by atoms with E-state index in [0.29, 0.717) is 23.4 Å². The molecular weight excluding hydrogens is 368 g/mol. The van der Waals surface area contributed by atoms with Gasteiger partial charge in [-0.25, -0.2) is 0 Å². The number of benzene rings is 2. The van der Waals surface area contributed by atoms with Crippen molar-refractivity contribution >= 4 is 17.5 Å². The zero-order valence-electron chi connectivity index (χ0n) is 16.3. The molecule has 29 heavy (non-hydrogen) atoms. The van der Waals surface area contributed by atoms with Crippen LogP contribution in [0.15, 0.2) is 54.9 Å². The number of methoxy groups -OCH3 is 1. The van der Waals surface area contributed by atoms with Crippen molar-refractivity contribution < 1.29 is 14.3 Å². The van der Waals surface area contributed by atoms with Crippen LogP contribution in [-0.2, 0) is 17.6 Å². The maximum absolute atomic E-state index is 13.0. The molecule has 1 unspecified atom stereocenters. The number of rotatable bonds is 5. The first-order chi connectivity index (χ1) is 14.0. The van der Waals surface area contributed by atoms with Crippen LogP contribution in [0, 0.1) is 0 Å². The van der Waals surface area contributed by atoms with Gasteiger partial charge in [-0.05, 0) is 34.9 Å². The number of aromatic nitrogens is 2. The van der Waals surface area contributed by atoms with Gasteiger partial charge in [-0.1, -0.05) is 24.3 Å². The maximum Gasteiger partial charge on any atom is 0.254 e. The SMILES string of the molecule is COc1ccc2c(c1)C(=O)NC(Cc1ccc(Cc3cn[nH]c3)cc1)C(=O)N2C. The zero-order valence-corrected chi connectivity index (χ0v) is 16.3. The fourth-order valence-corrected chi connectivity index (χ4v) is 3.54. The predicted molar refractivity (Wildman–Crippen MR) is 109 cm³/mol. The molecule has 2 aromatic carbocycles. The van der Waals surface area contributed by atoms with Crippen molar-refractivity contribution in [1.29, 1.82) is 0 Å². The van der Waals surface area contributed by atoms with Gasteiger partial charge in [0.25, 0.3) is 5.91 Å². The van der Waals surface area contributed by atoms with Crippen molar-refractivity contribution in [2.45, 2.75) is 18.9 Å². The summed E-state index contributed by atoms with van der Waals surface area (Å²) in [5, 5.41) is 9.63. The summed E-state index contributed by atoms with van der Waals surface area (Å²) in [7, 11) is 3.24. The van der Waals surface area contributed by atoms with Crippen LogP contribution in [0.4, 0.5) is 5.69 Å². The highest BCUT2D eigenvalue weighted by Gasteiger charge is 2.32. The second-order valence-corrected chi connectivity index (χ2v) is 7.11. The predicted octanol–water partition coefficient (Wildman–Crippen LogP) is 2.33. The van der Waals surface area contributed by atoms with E-state index in [-0.39, 0.29) is 11.8 Å². The summed E-state index contributed by atoms with van der Waals surface area (Å²) in [6.07, 6.45) is 4.88. The number of anilines is 1. The van der Waals surface area contributed by atoms with E-state index in [4.69, 9.17) is 4.74 Å². The zero-order chi connectivity index (χ0) is 20.4. The number of H-pyrrole nitrogens is 1. The maximum atomic E-state index is 13.0. The molecule has 0 saturated heterocycles. The minimum Gasteiger partial charge on any atom is -0.497 e. The largest absolute Gasteiger partial charge is 0.497 e. The average Bonchev–Trinajstić information content (AvgIpc) is 3.23. The van der Waals surface area contributed by atoms with Crippen LogP contribution < -0.4 is 15.0 Å². The van der Waals surface area contributed by atoms with Gasteiger partial charge in [-0.2, -0.15) is 5.10 Å². The van der Waals surface area contributed by atoms with Gasteiger partial charge in [0.2, 0.25) is 5.91 Å². The highest BCUT2D eigenvalue weighted by molar-refractivity contribution is 6.11. The van der Waals surface area contributed by atoms with Crippen LogP contribution in [0.3, 0.4) is 0 Å². The fraction of sp³-hybridized carbons (Fsp3) is 0.227. The number of carbonyl (C=O) groups is 2. The normalized spacial score (nSPS) is 16.2. The summed E-state index contributed by atoms with van der Waals surface area (Å²) in [5.74, 6) is 0.148. The Morgan fingerprint density at radius 1 is 1.07 bits per heavy atom. The number of hydrogen-bond donors (Lipinski definition) is 2. The molecule has 7 nitrogen and oxygen atoms in total. The van der Waals surface area contributed by atoms with Gasteiger partial charge in [0.1, 0.15) is 11.8 Å². The molecule has 148 valence electrons. The van der Waals surface area contributed by atoms with Crippen molar-refractivity contribution in [2.75, 3.05) is 19.1 Å². The molecule has 2 heterocycles. The molecule has 0 radical (unpaired) electrons. The second kappa shape index (κ2) is 7.79. The number of likely N-dealkylation sites (N-methyl/N-ethyl adjacent to an activating group) is 1. The van der Waals surface area contributed by atoms with Gasteiger partial charge in [-0.15, -0.1) is 0 Å². The van der Waals surface area contributed by atoms with Crippen molar-refractivity contribution in [2.24, 2.45) is 0 Å². The number of hydrogen-bond acceptors (Lipinski definition) is 4. The Kier molecular flexibility index (Phi) is 5.03. The summed E-state index contributed by atoms with van der Waals surface area (Å²) in [6, 6.07) is 12.6. The minimum absolute atomic E-state index is 0.148. The Morgan fingerprint density at radius 3 is 2.52 bits per heavy atom. The van der Waals surface area contributed by atoms with E-state index in [0.717, 1.165) is 23.1 Å². The number of nitrogens with zero attached hydrogens (tertiary/aromatic N) is 2. The van der Waals surface area contributed by atoms with Gasteiger partial charge in [0.05, 0.1) is 24.6 Å². The number of fused-ring (bicyclic) bond motifs is 1. The first-order valence-corrected chi connectivity index (χ1v) is 9.37. The minimum atomic E-state index is -0.634. The van der Waals surface area contributed by atoms with E-state index in [2.05, 4.69) is 15.5 Å². The Bertz CT molecular complexity index is 1030. The lowest BCUT2D eigenvalue weighted by molar-refractivity contribution is -0.120. The first-order valence-electron chi connectivity index (χ1n) is 9.37. The molecule has 2 amide bonds. The number of carbonyl (C=O) groups excluding carboxylic acids is 2. The van der Waals surface area contributed by atoms with E-state index >= 15 is 0 Å². The van der Waals surface area contributed by atoms with Crippen molar-refractivity contribution in [3.8, 4) is 5.75 Å². The fourth-order valence-electron chi connectivity index (χ4n) is 3.54. The average molecular weight is 390 g/mol. The standard InChI is InChI=1S/C22H22N4O3/c1-26-20-8-7-17(29-2)11-18(20)21(27)25-19(22(26)28)10-15-5-3-14(4-6-15)9-16-12-23-24-13-16/h3-8,11-13,19H,9-10H2,1-2H3,(H,23,24)(H,25,27). The number of nitrogens with one attached hydrogen (secondary N) is 2. The molecule has 1 atom stereocenters. The van der Waals surface area contributed by atoms with Crippen LogP contribution in [0.5, 0.6) is 5.75 Å². The van der Waals surface area contributed by atoms with E-state index in [1.54, 1.807) is 38.6 Å². The molecule has 0 spiro atoms. The molecule has 0 aliphatic carbocycles. The Hall–Kier alpha value is -3.61. The van der Waals surface area contributed by atoms with Gasteiger partial charge < -0.3 is 15.0 Å². The highest BCUT2D eigenvalue weighted by Crippen LogP contribution is 2.28. The lowest BCUT2D eigenvalue weighted by Crippen LogP contribution is -2.45. The third-order valence-electron chi connectivity index (χ3n) is 5.17. The van der Waals surface area contributed by atoms with E-state index in [1.165, 1.54) is 4.90 Å². The van der Waals surface area contributed by atoms with Crippen molar-refractivity contribution in [3.05, 3.63) is 77.1 Å². The summed E-state index contributed by atoms with van der Waals surface area (Å²) >= 11 is 0. The molecule has 3 aromatic rings. The van der Waals surface area contributed by atoms with Crippen LogP contribution in [0.1, 0.15) is 27.0 Å². The number of ether oxygens (including phenoxy) is 1. The molecule has 1 aliphatic heterocycles. The first kappa shape index (κ1) is 18.7. The molecule has 1 aromatic heterocycles. The van der Waals surface area contributed by atoms with Crippen LogP contribution >= 0.6 is 0 Å². The summed E-state index contributed by atoms with van der Waals surface area (Å²) in [4.78, 5) is 27.2.